The summed E-state index contributed by atoms with van der Waals surface area (Å²) in [5.74, 6) is 0.0890. The van der Waals surface area contributed by atoms with Gasteiger partial charge in [-0.3, -0.25) is 4.79 Å². The highest BCUT2D eigenvalue weighted by Gasteiger charge is 2.64. The normalized spacial score (nSPS) is 15.6. The van der Waals surface area contributed by atoms with Crippen molar-refractivity contribution < 1.29 is 22.7 Å². The molecule has 0 bridgehead atoms. The highest BCUT2D eigenvalue weighted by molar-refractivity contribution is 6.32. The van der Waals surface area contributed by atoms with Crippen molar-refractivity contribution in [1.82, 2.24) is 10.3 Å². The zero-order valence-electron chi connectivity index (χ0n) is 13.2. The van der Waals surface area contributed by atoms with Crippen LogP contribution in [-0.2, 0) is 5.41 Å². The Morgan fingerprint density at radius 3 is 2.48 bits per heavy atom. The van der Waals surface area contributed by atoms with Crippen molar-refractivity contribution in [2.45, 2.75) is 24.4 Å². The number of alkyl halides is 3. The number of hydrogen-bond acceptors (Lipinski definition) is 3. The van der Waals surface area contributed by atoms with Crippen LogP contribution in [0.3, 0.4) is 0 Å². The van der Waals surface area contributed by atoms with E-state index in [2.05, 4.69) is 10.3 Å². The third-order valence-corrected chi connectivity index (χ3v) is 4.51. The molecule has 1 fully saturated rings. The summed E-state index contributed by atoms with van der Waals surface area (Å²) in [7, 11) is 1.50. The summed E-state index contributed by atoms with van der Waals surface area (Å²) in [6.45, 7) is 0. The molecule has 1 heterocycles. The summed E-state index contributed by atoms with van der Waals surface area (Å²) < 4.78 is 45.0. The number of amides is 1. The average molecular weight is 371 g/mol. The van der Waals surface area contributed by atoms with E-state index in [1.165, 1.54) is 43.6 Å². The molecule has 0 unspecified atom stereocenters. The first kappa shape index (κ1) is 17.5. The fourth-order valence-corrected chi connectivity index (χ4v) is 2.79. The zero-order valence-corrected chi connectivity index (χ0v) is 13.9. The van der Waals surface area contributed by atoms with E-state index in [1.54, 1.807) is 0 Å². The molecule has 8 heteroatoms. The molecular formula is C17H14ClF3N2O2. The molecule has 1 N–H and O–H groups in total. The van der Waals surface area contributed by atoms with E-state index in [0.717, 1.165) is 0 Å². The standard InChI is InChI=1S/C17H14ClF3N2O2/c1-22-15(24)10-2-5-14(23-9-10)25-13-4-3-11(8-12(13)18)16(6-7-16)17(19,20)21/h2-5,8-9H,6-7H2,1H3,(H,22,24). The fraction of sp³-hybridized carbons (Fsp3) is 0.294. The highest BCUT2D eigenvalue weighted by atomic mass is 35.5. The van der Waals surface area contributed by atoms with Crippen LogP contribution in [0, 0.1) is 0 Å². The maximum Gasteiger partial charge on any atom is 0.398 e. The van der Waals surface area contributed by atoms with Crippen molar-refractivity contribution in [1.29, 1.82) is 0 Å². The third-order valence-electron chi connectivity index (χ3n) is 4.22. The zero-order chi connectivity index (χ0) is 18.2. The number of carbonyl (C=O) groups is 1. The first-order valence-corrected chi connectivity index (χ1v) is 7.87. The largest absolute Gasteiger partial charge is 0.437 e. The topological polar surface area (TPSA) is 51.2 Å². The summed E-state index contributed by atoms with van der Waals surface area (Å²) in [5, 5.41) is 2.54. The van der Waals surface area contributed by atoms with Gasteiger partial charge in [-0.15, -0.1) is 0 Å². The molecule has 1 aromatic carbocycles. The summed E-state index contributed by atoms with van der Waals surface area (Å²) in [5.41, 5.74) is -1.29. The molecule has 3 rings (SSSR count). The first-order chi connectivity index (χ1) is 11.8. The molecule has 1 aromatic heterocycles. The second-order valence-electron chi connectivity index (χ2n) is 5.79. The molecule has 1 aliphatic rings. The Morgan fingerprint density at radius 1 is 1.28 bits per heavy atom. The second-order valence-corrected chi connectivity index (χ2v) is 6.20. The summed E-state index contributed by atoms with van der Waals surface area (Å²) in [6, 6.07) is 7.06. The van der Waals surface area contributed by atoms with Crippen LogP contribution in [0.1, 0.15) is 28.8 Å². The molecule has 2 aromatic rings. The van der Waals surface area contributed by atoms with Crippen LogP contribution in [0.15, 0.2) is 36.5 Å². The number of halogens is 4. The molecule has 0 radical (unpaired) electrons. The van der Waals surface area contributed by atoms with Crippen LogP contribution in [0.5, 0.6) is 11.6 Å². The molecular weight excluding hydrogens is 357 g/mol. The number of benzene rings is 1. The second kappa shape index (κ2) is 6.22. The molecule has 0 atom stereocenters. The molecule has 1 saturated carbocycles. The Labute approximate surface area is 147 Å². The Bertz CT molecular complexity index is 803. The predicted octanol–water partition coefficient (Wildman–Crippen LogP) is 4.48. The van der Waals surface area contributed by atoms with Gasteiger partial charge in [0, 0.05) is 19.3 Å². The van der Waals surface area contributed by atoms with Gasteiger partial charge < -0.3 is 10.1 Å². The van der Waals surface area contributed by atoms with Gasteiger partial charge in [0.25, 0.3) is 5.91 Å². The van der Waals surface area contributed by atoms with E-state index >= 15 is 0 Å². The van der Waals surface area contributed by atoms with Crippen LogP contribution in [0.2, 0.25) is 5.02 Å². The van der Waals surface area contributed by atoms with E-state index in [4.69, 9.17) is 16.3 Å². The maximum atomic E-state index is 13.2. The number of carbonyl (C=O) groups excluding carboxylic acids is 1. The van der Waals surface area contributed by atoms with Crippen LogP contribution in [-0.4, -0.2) is 24.1 Å². The van der Waals surface area contributed by atoms with Gasteiger partial charge in [0.05, 0.1) is 16.0 Å². The van der Waals surface area contributed by atoms with E-state index in [1.807, 2.05) is 0 Å². The minimum atomic E-state index is -4.30. The van der Waals surface area contributed by atoms with Gasteiger partial charge in [0.2, 0.25) is 5.88 Å². The number of ether oxygens (including phenoxy) is 1. The average Bonchev–Trinajstić information content (AvgIpc) is 3.38. The number of rotatable bonds is 4. The van der Waals surface area contributed by atoms with Crippen LogP contribution in [0.25, 0.3) is 0 Å². The van der Waals surface area contributed by atoms with Gasteiger partial charge in [0.15, 0.2) is 0 Å². The molecule has 132 valence electrons. The predicted molar refractivity (Wildman–Crippen MR) is 86.1 cm³/mol. The van der Waals surface area contributed by atoms with E-state index < -0.39 is 11.6 Å². The maximum absolute atomic E-state index is 13.2. The van der Waals surface area contributed by atoms with Crippen LogP contribution < -0.4 is 10.1 Å². The molecule has 0 aliphatic heterocycles. The third kappa shape index (κ3) is 3.28. The number of nitrogens with zero attached hydrogens (tertiary/aromatic N) is 1. The van der Waals surface area contributed by atoms with Crippen LogP contribution in [0.4, 0.5) is 13.2 Å². The lowest BCUT2D eigenvalue weighted by molar-refractivity contribution is -0.160. The monoisotopic (exact) mass is 370 g/mol. The van der Waals surface area contributed by atoms with Gasteiger partial charge in [-0.1, -0.05) is 17.7 Å². The summed E-state index contributed by atoms with van der Waals surface area (Å²) >= 11 is 6.08. The van der Waals surface area contributed by atoms with Crippen LogP contribution >= 0.6 is 11.6 Å². The Morgan fingerprint density at radius 2 is 2.00 bits per heavy atom. The van der Waals surface area contributed by atoms with E-state index in [0.29, 0.717) is 5.56 Å². The SMILES string of the molecule is CNC(=O)c1ccc(Oc2ccc(C3(C(F)(F)F)CC3)cc2Cl)nc1. The van der Waals surface area contributed by atoms with E-state index in [9.17, 15) is 18.0 Å². The van der Waals surface area contributed by atoms with Crippen molar-refractivity contribution >= 4 is 17.5 Å². The van der Waals surface area contributed by atoms with Crippen molar-refractivity contribution in [2.75, 3.05) is 7.05 Å². The number of hydrogen-bond donors (Lipinski definition) is 1. The van der Waals surface area contributed by atoms with Gasteiger partial charge in [-0.2, -0.15) is 13.2 Å². The van der Waals surface area contributed by atoms with Gasteiger partial charge >= 0.3 is 6.18 Å². The number of nitrogens with one attached hydrogen (secondary N) is 1. The molecule has 4 nitrogen and oxygen atoms in total. The Hall–Kier alpha value is -2.28. The van der Waals surface area contributed by atoms with Crippen molar-refractivity contribution in [3.8, 4) is 11.6 Å². The van der Waals surface area contributed by atoms with Crippen molar-refractivity contribution in [3.05, 3.63) is 52.7 Å². The number of pyridine rings is 1. The summed E-state index contributed by atoms with van der Waals surface area (Å²) in [4.78, 5) is 15.4. The van der Waals surface area contributed by atoms with Gasteiger partial charge in [-0.25, -0.2) is 4.98 Å². The van der Waals surface area contributed by atoms with E-state index in [-0.39, 0.29) is 41.0 Å². The molecule has 25 heavy (non-hydrogen) atoms. The highest BCUT2D eigenvalue weighted by Crippen LogP contribution is 2.59. The Balaban J connectivity index is 1.79. The molecule has 1 amide bonds. The first-order valence-electron chi connectivity index (χ1n) is 7.49. The quantitative estimate of drug-likeness (QED) is 0.863. The minimum Gasteiger partial charge on any atom is -0.437 e. The fourth-order valence-electron chi connectivity index (χ4n) is 2.57. The minimum absolute atomic E-state index is 0.0650. The Kier molecular flexibility index (Phi) is 4.36. The van der Waals surface area contributed by atoms with Gasteiger partial charge in [-0.05, 0) is 36.6 Å². The summed E-state index contributed by atoms with van der Waals surface area (Å²) in [6.07, 6.45) is -2.83. The van der Waals surface area contributed by atoms with Crippen molar-refractivity contribution in [3.63, 3.8) is 0 Å². The lowest BCUT2D eigenvalue weighted by Gasteiger charge is -2.20. The van der Waals surface area contributed by atoms with Crippen molar-refractivity contribution in [2.24, 2.45) is 0 Å². The van der Waals surface area contributed by atoms with Gasteiger partial charge in [0.1, 0.15) is 5.75 Å². The lowest BCUT2D eigenvalue weighted by atomic mass is 9.95. The molecule has 1 aliphatic carbocycles. The molecule has 0 saturated heterocycles. The lowest BCUT2D eigenvalue weighted by Crippen LogP contribution is -2.28. The smallest absolute Gasteiger partial charge is 0.398 e. The molecule has 0 spiro atoms. The number of aromatic nitrogens is 1.